The van der Waals surface area contributed by atoms with Gasteiger partial charge in [0.2, 0.25) is 15.9 Å². The zero-order valence-electron chi connectivity index (χ0n) is 16.6. The molecule has 1 saturated heterocycles. The topological polar surface area (TPSA) is 66.5 Å². The summed E-state index contributed by atoms with van der Waals surface area (Å²) in [6, 6.07) is 6.56. The highest BCUT2D eigenvalue weighted by Crippen LogP contribution is 2.55. The average Bonchev–Trinajstić information content (AvgIpc) is 3.09. The van der Waals surface area contributed by atoms with Crippen LogP contribution in [0.5, 0.6) is 0 Å². The van der Waals surface area contributed by atoms with Crippen LogP contribution < -0.4 is 5.32 Å². The van der Waals surface area contributed by atoms with Gasteiger partial charge in [0.25, 0.3) is 0 Å². The molecule has 1 aromatic rings. The van der Waals surface area contributed by atoms with E-state index in [1.54, 1.807) is 24.3 Å². The lowest BCUT2D eigenvalue weighted by atomic mass is 9.53. The molecule has 7 heteroatoms. The molecule has 1 heterocycles. The van der Waals surface area contributed by atoms with Crippen LogP contribution in [-0.2, 0) is 14.8 Å². The molecule has 5 nitrogen and oxygen atoms in total. The van der Waals surface area contributed by atoms with Crippen LogP contribution >= 0.6 is 11.6 Å². The maximum Gasteiger partial charge on any atom is 0.244 e. The van der Waals surface area contributed by atoms with E-state index in [0.717, 1.165) is 43.4 Å². The molecule has 5 aliphatic rings. The van der Waals surface area contributed by atoms with Crippen molar-refractivity contribution in [1.82, 2.24) is 9.62 Å². The zero-order chi connectivity index (χ0) is 20.2. The van der Waals surface area contributed by atoms with Gasteiger partial charge < -0.3 is 5.32 Å². The molecule has 1 aromatic carbocycles. The molecule has 1 unspecified atom stereocenters. The van der Waals surface area contributed by atoms with Crippen molar-refractivity contribution in [2.24, 2.45) is 23.7 Å². The number of hydrogen-bond acceptors (Lipinski definition) is 3. The molecule has 1 aliphatic heterocycles. The summed E-state index contributed by atoms with van der Waals surface area (Å²) < 4.78 is 27.3. The first-order valence-corrected chi connectivity index (χ1v) is 12.7. The Labute approximate surface area is 178 Å². The Balaban J connectivity index is 1.21. The summed E-state index contributed by atoms with van der Waals surface area (Å²) in [6.45, 7) is 0.838. The van der Waals surface area contributed by atoms with Crippen molar-refractivity contribution in [3.8, 4) is 0 Å². The fraction of sp³-hybridized carbons (Fsp3) is 0.682. The van der Waals surface area contributed by atoms with Crippen molar-refractivity contribution >= 4 is 27.5 Å². The third-order valence-electron chi connectivity index (χ3n) is 7.62. The van der Waals surface area contributed by atoms with E-state index in [1.807, 2.05) is 0 Å². The van der Waals surface area contributed by atoms with Gasteiger partial charge in [-0.25, -0.2) is 8.42 Å². The van der Waals surface area contributed by atoms with Gasteiger partial charge in [0.1, 0.15) is 4.90 Å². The van der Waals surface area contributed by atoms with E-state index in [4.69, 9.17) is 11.6 Å². The molecule has 4 bridgehead atoms. The molecular formula is C22H29ClN2O3S. The molecular weight excluding hydrogens is 408 g/mol. The Morgan fingerprint density at radius 2 is 1.72 bits per heavy atom. The Kier molecular flexibility index (Phi) is 4.95. The van der Waals surface area contributed by atoms with Crippen molar-refractivity contribution in [2.45, 2.75) is 61.8 Å². The van der Waals surface area contributed by atoms with Crippen molar-refractivity contribution in [3.63, 3.8) is 0 Å². The van der Waals surface area contributed by atoms with E-state index in [1.165, 1.54) is 23.6 Å². The number of halogens is 1. The Morgan fingerprint density at radius 1 is 1.10 bits per heavy atom. The summed E-state index contributed by atoms with van der Waals surface area (Å²) in [7, 11) is -3.61. The maximum absolute atomic E-state index is 12.9. The summed E-state index contributed by atoms with van der Waals surface area (Å²) in [6.07, 6.45) is 8.62. The van der Waals surface area contributed by atoms with Crippen LogP contribution in [0.15, 0.2) is 29.2 Å². The number of benzene rings is 1. The lowest BCUT2D eigenvalue weighted by molar-refractivity contribution is -0.127. The largest absolute Gasteiger partial charge is 0.351 e. The number of nitrogens with zero attached hydrogens (tertiary/aromatic N) is 1. The highest BCUT2D eigenvalue weighted by molar-refractivity contribution is 7.89. The minimum absolute atomic E-state index is 0.0216. The van der Waals surface area contributed by atoms with Crippen molar-refractivity contribution in [1.29, 1.82) is 0 Å². The fourth-order valence-corrected chi connectivity index (χ4v) is 8.87. The van der Waals surface area contributed by atoms with Crippen molar-refractivity contribution < 1.29 is 13.2 Å². The van der Waals surface area contributed by atoms with E-state index in [9.17, 15) is 13.2 Å². The SMILES string of the molecule is O=C(CC1CCN(S(=O)(=O)c2ccccc2Cl)C1)NC12CC3CC(CC(C3)C1)C2. The fourth-order valence-electron chi connectivity index (χ4n) is 6.85. The molecule has 4 saturated carbocycles. The van der Waals surface area contributed by atoms with Gasteiger partial charge in [-0.1, -0.05) is 23.7 Å². The molecule has 5 fully saturated rings. The van der Waals surface area contributed by atoms with E-state index >= 15 is 0 Å². The van der Waals surface area contributed by atoms with E-state index in [2.05, 4.69) is 5.32 Å². The third kappa shape index (κ3) is 3.72. The van der Waals surface area contributed by atoms with Gasteiger partial charge in [-0.05, 0) is 80.8 Å². The highest BCUT2D eigenvalue weighted by atomic mass is 35.5. The minimum Gasteiger partial charge on any atom is -0.351 e. The normalized spacial score (nSPS) is 36.4. The molecule has 1 N–H and O–H groups in total. The molecule has 1 amide bonds. The van der Waals surface area contributed by atoms with E-state index in [-0.39, 0.29) is 27.3 Å². The van der Waals surface area contributed by atoms with Crippen LogP contribution in [0.1, 0.15) is 51.4 Å². The Bertz CT molecular complexity index is 881. The number of sulfonamides is 1. The molecule has 1 atom stereocenters. The number of amides is 1. The second-order valence-corrected chi connectivity index (χ2v) is 12.2. The molecule has 6 rings (SSSR count). The zero-order valence-corrected chi connectivity index (χ0v) is 18.2. The number of carbonyl (C=O) groups is 1. The lowest BCUT2D eigenvalue weighted by Crippen LogP contribution is -2.60. The summed E-state index contributed by atoms with van der Waals surface area (Å²) in [5.41, 5.74) is 0.0216. The van der Waals surface area contributed by atoms with Crippen LogP contribution in [-0.4, -0.2) is 37.3 Å². The van der Waals surface area contributed by atoms with Crippen LogP contribution in [0.4, 0.5) is 0 Å². The maximum atomic E-state index is 12.9. The van der Waals surface area contributed by atoms with E-state index < -0.39 is 10.0 Å². The first-order valence-electron chi connectivity index (χ1n) is 10.9. The van der Waals surface area contributed by atoms with Gasteiger partial charge in [-0.15, -0.1) is 0 Å². The quantitative estimate of drug-likeness (QED) is 0.762. The molecule has 0 radical (unpaired) electrons. The molecule has 158 valence electrons. The van der Waals surface area contributed by atoms with Gasteiger partial charge in [-0.3, -0.25) is 4.79 Å². The predicted octanol–water partition coefficient (Wildman–Crippen LogP) is 3.83. The van der Waals surface area contributed by atoms with Crippen molar-refractivity contribution in [2.75, 3.05) is 13.1 Å². The van der Waals surface area contributed by atoms with Crippen molar-refractivity contribution in [3.05, 3.63) is 29.3 Å². The second-order valence-electron chi connectivity index (χ2n) is 9.90. The van der Waals surface area contributed by atoms with Gasteiger partial charge in [0, 0.05) is 25.0 Å². The number of nitrogens with one attached hydrogen (secondary N) is 1. The Hall–Kier alpha value is -1.11. The van der Waals surface area contributed by atoms with Gasteiger partial charge in [0.15, 0.2) is 0 Å². The smallest absolute Gasteiger partial charge is 0.244 e. The van der Waals surface area contributed by atoms with Crippen LogP contribution in [0.25, 0.3) is 0 Å². The van der Waals surface area contributed by atoms with E-state index in [0.29, 0.717) is 19.5 Å². The number of hydrogen-bond donors (Lipinski definition) is 1. The third-order valence-corrected chi connectivity index (χ3v) is 9.98. The van der Waals surface area contributed by atoms with Gasteiger partial charge in [-0.2, -0.15) is 4.31 Å². The monoisotopic (exact) mass is 436 g/mol. The summed E-state index contributed by atoms with van der Waals surface area (Å²) in [4.78, 5) is 13.0. The number of rotatable bonds is 5. The number of carbonyl (C=O) groups excluding carboxylic acids is 1. The second kappa shape index (κ2) is 7.24. The standard InChI is InChI=1S/C22H29ClN2O3S/c23-19-3-1-2-4-20(19)29(27,28)25-6-5-15(14-25)10-21(26)24-22-11-16-7-17(12-22)9-18(8-16)13-22/h1-4,15-18H,5-14H2,(H,24,26). The summed E-state index contributed by atoms with van der Waals surface area (Å²) in [5, 5.41) is 3.66. The first kappa shape index (κ1) is 19.8. The van der Waals surface area contributed by atoms with Crippen LogP contribution in [0.3, 0.4) is 0 Å². The van der Waals surface area contributed by atoms with Crippen LogP contribution in [0.2, 0.25) is 5.02 Å². The van der Waals surface area contributed by atoms with Gasteiger partial charge >= 0.3 is 0 Å². The Morgan fingerprint density at radius 3 is 2.34 bits per heavy atom. The predicted molar refractivity (Wildman–Crippen MR) is 112 cm³/mol. The van der Waals surface area contributed by atoms with Crippen LogP contribution in [0, 0.1) is 23.7 Å². The molecule has 29 heavy (non-hydrogen) atoms. The highest BCUT2D eigenvalue weighted by Gasteiger charge is 2.51. The molecule has 0 aromatic heterocycles. The summed E-state index contributed by atoms with van der Waals surface area (Å²) in [5.74, 6) is 2.56. The first-order chi connectivity index (χ1) is 13.8. The molecule has 0 spiro atoms. The van der Waals surface area contributed by atoms with Gasteiger partial charge in [0.05, 0.1) is 5.02 Å². The lowest BCUT2D eigenvalue weighted by Gasteiger charge is -2.57. The minimum atomic E-state index is -3.61. The molecule has 4 aliphatic carbocycles. The summed E-state index contributed by atoms with van der Waals surface area (Å²) >= 11 is 6.11. The average molecular weight is 437 g/mol.